The highest BCUT2D eigenvalue weighted by Crippen LogP contribution is 2.42. The average Bonchev–Trinajstić information content (AvgIpc) is 2.56. The average molecular weight is 303 g/mol. The second-order valence-corrected chi connectivity index (χ2v) is 6.81. The van der Waals surface area contributed by atoms with E-state index in [-0.39, 0.29) is 0 Å². The van der Waals surface area contributed by atoms with E-state index in [1.54, 1.807) is 7.11 Å². The zero-order valence-corrected chi connectivity index (χ0v) is 14.0. The fourth-order valence-corrected chi connectivity index (χ4v) is 4.07. The van der Waals surface area contributed by atoms with Crippen molar-refractivity contribution in [1.29, 1.82) is 0 Å². The van der Waals surface area contributed by atoms with Crippen molar-refractivity contribution in [2.24, 2.45) is 5.41 Å². The Morgan fingerprint density at radius 2 is 1.86 bits per heavy atom. The number of hydrogen-bond acceptors (Lipinski definition) is 4. The smallest absolute Gasteiger partial charge is 0.143 e. The molecule has 4 nitrogen and oxygen atoms in total. The van der Waals surface area contributed by atoms with Crippen LogP contribution in [-0.2, 0) is 6.42 Å². The van der Waals surface area contributed by atoms with Crippen LogP contribution in [-0.4, -0.2) is 33.3 Å². The molecule has 2 fully saturated rings. The number of hydrogen-bond donors (Lipinski definition) is 2. The lowest BCUT2D eigenvalue weighted by Gasteiger charge is -2.45. The van der Waals surface area contributed by atoms with Gasteiger partial charge in [0, 0.05) is 24.8 Å². The van der Waals surface area contributed by atoms with Crippen molar-refractivity contribution in [2.45, 2.75) is 39.0 Å². The Kier molecular flexibility index (Phi) is 4.48. The van der Waals surface area contributed by atoms with E-state index < -0.39 is 0 Å². The van der Waals surface area contributed by atoms with Gasteiger partial charge in [-0.3, -0.25) is 0 Å². The summed E-state index contributed by atoms with van der Waals surface area (Å²) in [5.74, 6) is 0.800. The summed E-state index contributed by atoms with van der Waals surface area (Å²) in [6.45, 7) is 6.88. The minimum atomic E-state index is 0.589. The molecule has 0 saturated carbocycles. The zero-order valence-electron chi connectivity index (χ0n) is 14.0. The van der Waals surface area contributed by atoms with Gasteiger partial charge in [-0.1, -0.05) is 6.92 Å². The van der Waals surface area contributed by atoms with E-state index in [4.69, 9.17) is 10.5 Å². The molecule has 0 unspecified atom stereocenters. The van der Waals surface area contributed by atoms with Crippen LogP contribution < -0.4 is 20.7 Å². The van der Waals surface area contributed by atoms with Crippen molar-refractivity contribution in [1.82, 2.24) is 5.32 Å². The predicted molar refractivity (Wildman–Crippen MR) is 92.8 cm³/mol. The minimum absolute atomic E-state index is 0.589. The fraction of sp³-hybridized carbons (Fsp3) is 0.667. The Morgan fingerprint density at radius 3 is 2.45 bits per heavy atom. The molecule has 3 rings (SSSR count). The second kappa shape index (κ2) is 6.37. The summed E-state index contributed by atoms with van der Waals surface area (Å²) in [7, 11) is 1.70. The predicted octanol–water partition coefficient (Wildman–Crippen LogP) is 2.81. The van der Waals surface area contributed by atoms with Crippen LogP contribution in [0.4, 0.5) is 11.4 Å². The number of benzene rings is 1. The number of methoxy groups -OCH3 is 1. The maximum Gasteiger partial charge on any atom is 0.143 e. The number of nitrogens with two attached hydrogens (primary N) is 1. The van der Waals surface area contributed by atoms with Crippen LogP contribution in [0.3, 0.4) is 0 Å². The largest absolute Gasteiger partial charge is 0.495 e. The molecule has 122 valence electrons. The van der Waals surface area contributed by atoms with Crippen molar-refractivity contribution < 1.29 is 4.74 Å². The van der Waals surface area contributed by atoms with Crippen LogP contribution in [0.5, 0.6) is 5.75 Å². The number of ether oxygens (including phenoxy) is 1. The number of piperidine rings is 2. The van der Waals surface area contributed by atoms with Crippen molar-refractivity contribution >= 4 is 11.4 Å². The monoisotopic (exact) mass is 303 g/mol. The number of aryl methyl sites for hydroxylation is 1. The van der Waals surface area contributed by atoms with E-state index in [1.165, 1.54) is 50.0 Å². The Bertz CT molecular complexity index is 513. The maximum absolute atomic E-state index is 6.07. The van der Waals surface area contributed by atoms with Gasteiger partial charge in [0.15, 0.2) is 0 Å². The SMILES string of the molecule is CCc1cc(N)c(OC)cc1N1CCC2(CCNCC2)CC1. The lowest BCUT2D eigenvalue weighted by Crippen LogP contribution is -2.45. The topological polar surface area (TPSA) is 50.5 Å². The first-order valence-corrected chi connectivity index (χ1v) is 8.59. The maximum atomic E-state index is 6.07. The highest BCUT2D eigenvalue weighted by atomic mass is 16.5. The molecule has 2 aliphatic rings. The van der Waals surface area contributed by atoms with E-state index in [0.717, 1.165) is 30.9 Å². The van der Waals surface area contributed by atoms with Crippen molar-refractivity contribution in [3.05, 3.63) is 17.7 Å². The second-order valence-electron chi connectivity index (χ2n) is 6.81. The minimum Gasteiger partial charge on any atom is -0.495 e. The van der Waals surface area contributed by atoms with Crippen molar-refractivity contribution in [3.8, 4) is 5.75 Å². The van der Waals surface area contributed by atoms with Crippen LogP contribution in [0, 0.1) is 5.41 Å². The molecule has 0 atom stereocenters. The lowest BCUT2D eigenvalue weighted by molar-refractivity contribution is 0.155. The zero-order chi connectivity index (χ0) is 15.6. The van der Waals surface area contributed by atoms with Crippen LogP contribution in [0.15, 0.2) is 12.1 Å². The van der Waals surface area contributed by atoms with Gasteiger partial charge in [0.1, 0.15) is 5.75 Å². The third kappa shape index (κ3) is 2.89. The van der Waals surface area contributed by atoms with Gasteiger partial charge in [-0.15, -0.1) is 0 Å². The van der Waals surface area contributed by atoms with E-state index in [9.17, 15) is 0 Å². The van der Waals surface area contributed by atoms with Gasteiger partial charge in [0.2, 0.25) is 0 Å². The third-order valence-corrected chi connectivity index (χ3v) is 5.64. The summed E-state index contributed by atoms with van der Waals surface area (Å²) in [6, 6.07) is 4.22. The van der Waals surface area contributed by atoms with E-state index in [0.29, 0.717) is 5.41 Å². The molecule has 0 amide bonds. The fourth-order valence-electron chi connectivity index (χ4n) is 4.07. The van der Waals surface area contributed by atoms with E-state index >= 15 is 0 Å². The Labute approximate surface area is 134 Å². The Hall–Kier alpha value is -1.42. The van der Waals surface area contributed by atoms with Gasteiger partial charge >= 0.3 is 0 Å². The highest BCUT2D eigenvalue weighted by molar-refractivity contribution is 5.67. The van der Waals surface area contributed by atoms with Crippen molar-refractivity contribution in [3.63, 3.8) is 0 Å². The number of anilines is 2. The quantitative estimate of drug-likeness (QED) is 0.843. The molecule has 1 aromatic carbocycles. The van der Waals surface area contributed by atoms with Crippen LogP contribution >= 0.6 is 0 Å². The van der Waals surface area contributed by atoms with Crippen LogP contribution in [0.25, 0.3) is 0 Å². The molecule has 22 heavy (non-hydrogen) atoms. The first-order chi connectivity index (χ1) is 10.7. The lowest BCUT2D eigenvalue weighted by atomic mass is 9.71. The molecule has 3 N–H and O–H groups in total. The van der Waals surface area contributed by atoms with Gasteiger partial charge in [-0.25, -0.2) is 0 Å². The van der Waals surface area contributed by atoms with Crippen molar-refractivity contribution in [2.75, 3.05) is 43.9 Å². The molecular weight excluding hydrogens is 274 g/mol. The molecule has 1 aromatic rings. The van der Waals surface area contributed by atoms with Crippen LogP contribution in [0.1, 0.15) is 38.2 Å². The number of nitrogen functional groups attached to an aromatic ring is 1. The number of rotatable bonds is 3. The number of nitrogens with one attached hydrogen (secondary N) is 1. The van der Waals surface area contributed by atoms with E-state index in [1.807, 2.05) is 0 Å². The summed E-state index contributed by atoms with van der Waals surface area (Å²) in [5, 5.41) is 3.49. The van der Waals surface area contributed by atoms with Crippen LogP contribution in [0.2, 0.25) is 0 Å². The summed E-state index contributed by atoms with van der Waals surface area (Å²) in [5.41, 5.74) is 10.1. The summed E-state index contributed by atoms with van der Waals surface area (Å²) in [4.78, 5) is 2.54. The summed E-state index contributed by atoms with van der Waals surface area (Å²) < 4.78 is 5.43. The molecule has 2 heterocycles. The first kappa shape index (κ1) is 15.5. The van der Waals surface area contributed by atoms with Gasteiger partial charge < -0.3 is 20.7 Å². The highest BCUT2D eigenvalue weighted by Gasteiger charge is 2.35. The molecule has 0 bridgehead atoms. The Balaban J connectivity index is 1.78. The van der Waals surface area contributed by atoms with Gasteiger partial charge in [0.05, 0.1) is 12.8 Å². The molecule has 2 saturated heterocycles. The summed E-state index contributed by atoms with van der Waals surface area (Å²) >= 11 is 0. The molecule has 0 radical (unpaired) electrons. The normalized spacial score (nSPS) is 21.1. The third-order valence-electron chi connectivity index (χ3n) is 5.64. The molecule has 0 aliphatic carbocycles. The molecule has 0 aromatic heterocycles. The van der Waals surface area contributed by atoms with Gasteiger partial charge in [-0.05, 0) is 62.2 Å². The van der Waals surface area contributed by atoms with E-state index in [2.05, 4.69) is 29.3 Å². The standard InChI is InChI=1S/C18H29N3O/c1-3-14-12-15(19)17(22-2)13-16(14)21-10-6-18(7-11-21)4-8-20-9-5-18/h12-13,20H,3-11,19H2,1-2H3. The molecular formula is C18H29N3O. The number of nitrogens with zero attached hydrogens (tertiary/aromatic N) is 1. The summed E-state index contributed by atoms with van der Waals surface area (Å²) in [6.07, 6.45) is 6.31. The first-order valence-electron chi connectivity index (χ1n) is 8.59. The molecule has 1 spiro atoms. The molecule has 2 aliphatic heterocycles. The van der Waals surface area contributed by atoms with Gasteiger partial charge in [-0.2, -0.15) is 0 Å². The molecule has 4 heteroatoms. The Morgan fingerprint density at radius 1 is 1.18 bits per heavy atom. The van der Waals surface area contributed by atoms with Gasteiger partial charge in [0.25, 0.3) is 0 Å².